The molecule has 2 aromatic carbocycles. The number of piperazine rings is 1. The van der Waals surface area contributed by atoms with Gasteiger partial charge in [-0.05, 0) is 43.2 Å². The van der Waals surface area contributed by atoms with Crippen molar-refractivity contribution in [3.8, 4) is 6.07 Å². The highest BCUT2D eigenvalue weighted by atomic mass is 35.5. The molecule has 0 aliphatic carbocycles. The summed E-state index contributed by atoms with van der Waals surface area (Å²) in [6.07, 6.45) is 3.75. The third kappa shape index (κ3) is 4.83. The standard InChI is InChI=1S/C27H30N6O.ClH/c1-20-16-31(23(15-29-20)17-32-12-6-11-30-32)18-26(34)33-19-27(2,22-7-4-3-5-8-22)24-10-9-21(14-28)13-25(24)33;/h3-13,20,23,29H,15-19H2,1-2H3;1H/t20-,23-,27?;/m1./s1. The number of nitrogens with one attached hydrogen (secondary N) is 1. The summed E-state index contributed by atoms with van der Waals surface area (Å²) >= 11 is 0. The third-order valence-electron chi connectivity index (χ3n) is 7.22. The first-order chi connectivity index (χ1) is 16.5. The van der Waals surface area contributed by atoms with E-state index in [4.69, 9.17) is 0 Å². The molecule has 1 aromatic heterocycles. The Morgan fingerprint density at radius 2 is 2.03 bits per heavy atom. The van der Waals surface area contributed by atoms with Crippen LogP contribution in [0, 0.1) is 11.3 Å². The number of hydrogen-bond donors (Lipinski definition) is 1. The van der Waals surface area contributed by atoms with Crippen LogP contribution >= 0.6 is 12.4 Å². The van der Waals surface area contributed by atoms with Gasteiger partial charge in [0.2, 0.25) is 5.91 Å². The molecule has 0 spiro atoms. The van der Waals surface area contributed by atoms with E-state index in [1.165, 1.54) is 5.56 Å². The normalized spacial score (nSPS) is 23.9. The molecular weight excluding hydrogens is 460 g/mol. The molecule has 35 heavy (non-hydrogen) atoms. The summed E-state index contributed by atoms with van der Waals surface area (Å²) in [6, 6.07) is 20.7. The second-order valence-electron chi connectivity index (χ2n) is 9.64. The fourth-order valence-electron chi connectivity index (χ4n) is 5.34. The Hall–Kier alpha value is -3.18. The van der Waals surface area contributed by atoms with E-state index in [2.05, 4.69) is 47.4 Å². The molecule has 7 nitrogen and oxygen atoms in total. The fourth-order valence-corrected chi connectivity index (χ4v) is 5.34. The maximum absolute atomic E-state index is 13.8. The Balaban J connectivity index is 0.00000289. The molecule has 3 heterocycles. The molecule has 1 unspecified atom stereocenters. The molecule has 0 saturated carbocycles. The van der Waals surface area contributed by atoms with Crippen LogP contribution in [-0.2, 0) is 16.8 Å². The highest BCUT2D eigenvalue weighted by Crippen LogP contribution is 2.45. The third-order valence-corrected chi connectivity index (χ3v) is 7.22. The number of anilines is 1. The van der Waals surface area contributed by atoms with Gasteiger partial charge in [-0.3, -0.25) is 14.4 Å². The van der Waals surface area contributed by atoms with Crippen LogP contribution < -0.4 is 10.2 Å². The summed E-state index contributed by atoms with van der Waals surface area (Å²) in [4.78, 5) is 18.0. The van der Waals surface area contributed by atoms with Crippen LogP contribution in [0.15, 0.2) is 67.0 Å². The predicted molar refractivity (Wildman–Crippen MR) is 139 cm³/mol. The van der Waals surface area contributed by atoms with Gasteiger partial charge in [-0.15, -0.1) is 12.4 Å². The van der Waals surface area contributed by atoms with Gasteiger partial charge in [0, 0.05) is 55.2 Å². The minimum Gasteiger partial charge on any atom is -0.311 e. The summed E-state index contributed by atoms with van der Waals surface area (Å²) in [7, 11) is 0. The zero-order chi connectivity index (χ0) is 23.7. The Kier molecular flexibility index (Phi) is 7.27. The highest BCUT2D eigenvalue weighted by molar-refractivity contribution is 5.98. The van der Waals surface area contributed by atoms with E-state index in [1.807, 2.05) is 58.2 Å². The fraction of sp³-hybridized carbons (Fsp3) is 0.370. The minimum absolute atomic E-state index is 0. The smallest absolute Gasteiger partial charge is 0.241 e. The summed E-state index contributed by atoms with van der Waals surface area (Å²) in [6.45, 7) is 7.57. The summed E-state index contributed by atoms with van der Waals surface area (Å²) < 4.78 is 1.93. The van der Waals surface area contributed by atoms with Crippen LogP contribution in [0.5, 0.6) is 0 Å². The highest BCUT2D eigenvalue weighted by Gasteiger charge is 2.43. The Bertz CT molecular complexity index is 1210. The first-order valence-corrected chi connectivity index (χ1v) is 11.8. The van der Waals surface area contributed by atoms with Crippen molar-refractivity contribution in [1.29, 1.82) is 5.26 Å². The first kappa shape index (κ1) is 24.9. The molecule has 8 heteroatoms. The second kappa shape index (κ2) is 10.2. The van der Waals surface area contributed by atoms with Crippen molar-refractivity contribution in [2.45, 2.75) is 37.9 Å². The van der Waals surface area contributed by atoms with E-state index in [0.717, 1.165) is 30.9 Å². The Labute approximate surface area is 212 Å². The lowest BCUT2D eigenvalue weighted by atomic mass is 9.78. The van der Waals surface area contributed by atoms with E-state index in [9.17, 15) is 10.1 Å². The maximum Gasteiger partial charge on any atom is 0.241 e. The van der Waals surface area contributed by atoms with Crippen molar-refractivity contribution < 1.29 is 4.79 Å². The van der Waals surface area contributed by atoms with Crippen LogP contribution in [0.25, 0.3) is 0 Å². The quantitative estimate of drug-likeness (QED) is 0.594. The van der Waals surface area contributed by atoms with Crippen molar-refractivity contribution in [1.82, 2.24) is 20.0 Å². The maximum atomic E-state index is 13.8. The zero-order valence-electron chi connectivity index (χ0n) is 20.1. The molecule has 3 aromatic rings. The van der Waals surface area contributed by atoms with Crippen molar-refractivity contribution >= 4 is 24.0 Å². The lowest BCUT2D eigenvalue weighted by Gasteiger charge is -2.39. The number of fused-ring (bicyclic) bond motifs is 1. The number of hydrogen-bond acceptors (Lipinski definition) is 5. The predicted octanol–water partition coefficient (Wildman–Crippen LogP) is 3.19. The van der Waals surface area contributed by atoms with Crippen molar-refractivity contribution in [2.75, 3.05) is 31.1 Å². The van der Waals surface area contributed by atoms with E-state index in [-0.39, 0.29) is 29.8 Å². The number of amides is 1. The SMILES string of the molecule is C[C@@H]1CN(CC(=O)N2CC(C)(c3ccccc3)c3ccc(C#N)cc32)[C@@H](Cn2cccn2)CN1.Cl. The van der Waals surface area contributed by atoms with Crippen molar-refractivity contribution in [2.24, 2.45) is 0 Å². The molecule has 0 bridgehead atoms. The lowest BCUT2D eigenvalue weighted by Crippen LogP contribution is -2.59. The molecule has 0 radical (unpaired) electrons. The van der Waals surface area contributed by atoms with Gasteiger partial charge in [0.15, 0.2) is 0 Å². The molecule has 1 saturated heterocycles. The van der Waals surface area contributed by atoms with Gasteiger partial charge in [-0.25, -0.2) is 0 Å². The molecule has 2 aliphatic heterocycles. The Morgan fingerprint density at radius 1 is 1.23 bits per heavy atom. The number of nitrogens with zero attached hydrogens (tertiary/aromatic N) is 5. The van der Waals surface area contributed by atoms with Crippen LogP contribution in [0.4, 0.5) is 5.69 Å². The van der Waals surface area contributed by atoms with Gasteiger partial charge in [0.25, 0.3) is 0 Å². The lowest BCUT2D eigenvalue weighted by molar-refractivity contribution is -0.120. The van der Waals surface area contributed by atoms with Gasteiger partial charge in [-0.2, -0.15) is 10.4 Å². The molecular formula is C27H31ClN6O. The Morgan fingerprint density at radius 3 is 2.74 bits per heavy atom. The summed E-state index contributed by atoms with van der Waals surface area (Å²) in [5, 5.41) is 17.4. The number of aromatic nitrogens is 2. The van der Waals surface area contributed by atoms with Crippen LogP contribution in [0.3, 0.4) is 0 Å². The largest absolute Gasteiger partial charge is 0.311 e. The average molecular weight is 491 g/mol. The van der Waals surface area contributed by atoms with Crippen LogP contribution in [0.2, 0.25) is 0 Å². The average Bonchev–Trinajstić information content (AvgIpc) is 3.47. The summed E-state index contributed by atoms with van der Waals surface area (Å²) in [5.41, 5.74) is 3.35. The zero-order valence-corrected chi connectivity index (χ0v) is 20.9. The van der Waals surface area contributed by atoms with Crippen molar-refractivity contribution in [3.63, 3.8) is 0 Å². The topological polar surface area (TPSA) is 77.2 Å². The van der Waals surface area contributed by atoms with Crippen LogP contribution in [-0.4, -0.2) is 58.9 Å². The molecule has 1 fully saturated rings. The number of carbonyl (C=O) groups excluding carboxylic acids is 1. The molecule has 1 amide bonds. The molecule has 1 N–H and O–H groups in total. The number of rotatable bonds is 5. The van der Waals surface area contributed by atoms with Crippen molar-refractivity contribution in [3.05, 3.63) is 83.7 Å². The van der Waals surface area contributed by atoms with Gasteiger partial charge in [0.1, 0.15) is 0 Å². The van der Waals surface area contributed by atoms with E-state index in [0.29, 0.717) is 24.7 Å². The van der Waals surface area contributed by atoms with Gasteiger partial charge in [-0.1, -0.05) is 36.4 Å². The molecule has 5 rings (SSSR count). The van der Waals surface area contributed by atoms with Gasteiger partial charge in [0.05, 0.1) is 24.7 Å². The van der Waals surface area contributed by atoms with Gasteiger partial charge < -0.3 is 10.2 Å². The number of carbonyl (C=O) groups is 1. The second-order valence-corrected chi connectivity index (χ2v) is 9.64. The summed E-state index contributed by atoms with van der Waals surface area (Å²) in [5.74, 6) is 0.0653. The van der Waals surface area contributed by atoms with Crippen LogP contribution in [0.1, 0.15) is 30.5 Å². The van der Waals surface area contributed by atoms with E-state index in [1.54, 1.807) is 6.20 Å². The van der Waals surface area contributed by atoms with E-state index >= 15 is 0 Å². The number of halogens is 1. The first-order valence-electron chi connectivity index (χ1n) is 11.8. The van der Waals surface area contributed by atoms with Gasteiger partial charge >= 0.3 is 0 Å². The minimum atomic E-state index is -0.328. The number of nitriles is 1. The van der Waals surface area contributed by atoms with E-state index < -0.39 is 0 Å². The molecule has 2 aliphatic rings. The monoisotopic (exact) mass is 490 g/mol. The number of benzene rings is 2. The molecule has 182 valence electrons. The molecule has 3 atom stereocenters.